The highest BCUT2D eigenvalue weighted by molar-refractivity contribution is 5.67. The number of carboxylic acid groups (broad SMARTS) is 1. The molecule has 5 heteroatoms. The first kappa shape index (κ1) is 12.5. The Hall–Kier alpha value is -1.59. The van der Waals surface area contributed by atoms with E-state index in [0.29, 0.717) is 0 Å². The van der Waals surface area contributed by atoms with Gasteiger partial charge in [0.1, 0.15) is 11.9 Å². The molecular formula is C11H14O5. The standard InChI is InChI=1S/C11H14O5/c1-6-2-3-7(8(12)4-6)11(16)9(13)5-10(14)15/h2-4,9,11-13,16H,5H2,1H3,(H,14,15). The third kappa shape index (κ3) is 2.95. The molecule has 1 aromatic carbocycles. The van der Waals surface area contributed by atoms with E-state index in [1.54, 1.807) is 13.0 Å². The monoisotopic (exact) mass is 226 g/mol. The van der Waals surface area contributed by atoms with E-state index in [-0.39, 0.29) is 11.3 Å². The fraction of sp³-hybridized carbons (Fsp3) is 0.364. The van der Waals surface area contributed by atoms with Crippen LogP contribution in [0.5, 0.6) is 5.75 Å². The molecule has 4 N–H and O–H groups in total. The van der Waals surface area contributed by atoms with Gasteiger partial charge in [-0.15, -0.1) is 0 Å². The minimum Gasteiger partial charge on any atom is -0.508 e. The van der Waals surface area contributed by atoms with Crippen LogP contribution < -0.4 is 0 Å². The van der Waals surface area contributed by atoms with Gasteiger partial charge in [0, 0.05) is 5.56 Å². The van der Waals surface area contributed by atoms with Crippen LogP contribution in [0.4, 0.5) is 0 Å². The van der Waals surface area contributed by atoms with Gasteiger partial charge in [0.15, 0.2) is 0 Å². The van der Waals surface area contributed by atoms with E-state index < -0.39 is 24.6 Å². The zero-order chi connectivity index (χ0) is 12.3. The lowest BCUT2D eigenvalue weighted by Crippen LogP contribution is -2.21. The first-order valence-corrected chi connectivity index (χ1v) is 4.79. The fourth-order valence-corrected chi connectivity index (χ4v) is 1.40. The highest BCUT2D eigenvalue weighted by atomic mass is 16.4. The molecule has 0 saturated carbocycles. The molecule has 0 aliphatic heterocycles. The molecule has 1 aromatic rings. The molecule has 2 unspecified atom stereocenters. The third-order valence-corrected chi connectivity index (χ3v) is 2.25. The Labute approximate surface area is 92.6 Å². The van der Waals surface area contributed by atoms with Crippen molar-refractivity contribution in [2.45, 2.75) is 25.6 Å². The second-order valence-electron chi connectivity index (χ2n) is 3.67. The number of hydrogen-bond acceptors (Lipinski definition) is 4. The topological polar surface area (TPSA) is 98.0 Å². The average Bonchev–Trinajstić information content (AvgIpc) is 2.15. The number of phenolic OH excluding ortho intramolecular Hbond substituents is 1. The van der Waals surface area contributed by atoms with E-state index in [2.05, 4.69) is 0 Å². The van der Waals surface area contributed by atoms with Crippen LogP contribution >= 0.6 is 0 Å². The fourth-order valence-electron chi connectivity index (χ4n) is 1.40. The number of carboxylic acids is 1. The van der Waals surface area contributed by atoms with Crippen LogP contribution in [0.15, 0.2) is 18.2 Å². The lowest BCUT2D eigenvalue weighted by molar-refractivity contribution is -0.141. The van der Waals surface area contributed by atoms with E-state index in [1.807, 2.05) is 0 Å². The van der Waals surface area contributed by atoms with Crippen molar-refractivity contribution in [3.05, 3.63) is 29.3 Å². The highest BCUT2D eigenvalue weighted by Gasteiger charge is 2.23. The van der Waals surface area contributed by atoms with Gasteiger partial charge in [0.2, 0.25) is 0 Å². The van der Waals surface area contributed by atoms with Crippen molar-refractivity contribution in [1.82, 2.24) is 0 Å². The Balaban J connectivity index is 2.87. The molecule has 0 amide bonds. The molecule has 1 rings (SSSR count). The number of hydrogen-bond donors (Lipinski definition) is 4. The molecule has 2 atom stereocenters. The normalized spacial score (nSPS) is 14.4. The molecule has 0 saturated heterocycles. The average molecular weight is 226 g/mol. The summed E-state index contributed by atoms with van der Waals surface area (Å²) in [5, 5.41) is 37.0. The predicted octanol–water partition coefficient (Wildman–Crippen LogP) is 0.570. The molecule has 0 aliphatic rings. The predicted molar refractivity (Wildman–Crippen MR) is 56.1 cm³/mol. The summed E-state index contributed by atoms with van der Waals surface area (Å²) in [5.41, 5.74) is 0.931. The summed E-state index contributed by atoms with van der Waals surface area (Å²) in [6.45, 7) is 1.77. The summed E-state index contributed by atoms with van der Waals surface area (Å²) in [6, 6.07) is 4.55. The van der Waals surface area contributed by atoms with Crippen molar-refractivity contribution < 1.29 is 25.2 Å². The number of aromatic hydroxyl groups is 1. The summed E-state index contributed by atoms with van der Waals surface area (Å²) in [5.74, 6) is -1.37. The number of aliphatic hydroxyl groups excluding tert-OH is 2. The van der Waals surface area contributed by atoms with E-state index in [1.165, 1.54) is 12.1 Å². The van der Waals surface area contributed by atoms with Gasteiger partial charge in [-0.25, -0.2) is 0 Å². The number of carbonyl (C=O) groups is 1. The molecule has 0 spiro atoms. The van der Waals surface area contributed by atoms with Crippen LogP contribution in [0.3, 0.4) is 0 Å². The molecule has 5 nitrogen and oxygen atoms in total. The van der Waals surface area contributed by atoms with Crippen LogP contribution in [0.1, 0.15) is 23.7 Å². The minimum atomic E-state index is -1.44. The smallest absolute Gasteiger partial charge is 0.306 e. The quantitative estimate of drug-likeness (QED) is 0.601. The van der Waals surface area contributed by atoms with E-state index in [0.717, 1.165) is 5.56 Å². The lowest BCUT2D eigenvalue weighted by atomic mass is 10.00. The number of aliphatic carboxylic acids is 1. The Kier molecular flexibility index (Phi) is 3.87. The number of benzene rings is 1. The summed E-state index contributed by atoms with van der Waals surface area (Å²) in [7, 11) is 0. The SMILES string of the molecule is Cc1ccc(C(O)C(O)CC(=O)O)c(O)c1. The van der Waals surface area contributed by atoms with Crippen molar-refractivity contribution in [3.63, 3.8) is 0 Å². The minimum absolute atomic E-state index is 0.124. The summed E-state index contributed by atoms with van der Waals surface area (Å²) in [6.07, 6.45) is -3.42. The molecule has 0 aromatic heterocycles. The van der Waals surface area contributed by atoms with Crippen LogP contribution in [0.25, 0.3) is 0 Å². The zero-order valence-corrected chi connectivity index (χ0v) is 8.79. The van der Waals surface area contributed by atoms with Crippen LogP contribution in [0.2, 0.25) is 0 Å². The van der Waals surface area contributed by atoms with E-state index >= 15 is 0 Å². The molecule has 0 aliphatic carbocycles. The number of phenols is 1. The maximum atomic E-state index is 10.4. The molecule has 0 heterocycles. The zero-order valence-electron chi connectivity index (χ0n) is 8.79. The van der Waals surface area contributed by atoms with Crippen LogP contribution in [-0.2, 0) is 4.79 Å². The molecular weight excluding hydrogens is 212 g/mol. The summed E-state index contributed by atoms with van der Waals surface area (Å²) in [4.78, 5) is 10.4. The Morgan fingerprint density at radius 1 is 1.38 bits per heavy atom. The summed E-state index contributed by atoms with van der Waals surface area (Å²) < 4.78 is 0. The molecule has 0 radical (unpaired) electrons. The van der Waals surface area contributed by atoms with Gasteiger partial charge in [-0.3, -0.25) is 4.79 Å². The van der Waals surface area contributed by atoms with Gasteiger partial charge in [-0.2, -0.15) is 0 Å². The van der Waals surface area contributed by atoms with Crippen molar-refractivity contribution in [2.24, 2.45) is 0 Å². The number of aryl methyl sites for hydroxylation is 1. The molecule has 16 heavy (non-hydrogen) atoms. The Bertz CT molecular complexity index is 388. The van der Waals surface area contributed by atoms with Crippen molar-refractivity contribution in [1.29, 1.82) is 0 Å². The van der Waals surface area contributed by atoms with Gasteiger partial charge in [-0.1, -0.05) is 12.1 Å². The summed E-state index contributed by atoms with van der Waals surface area (Å²) >= 11 is 0. The van der Waals surface area contributed by atoms with Crippen molar-refractivity contribution in [2.75, 3.05) is 0 Å². The Morgan fingerprint density at radius 3 is 2.50 bits per heavy atom. The van der Waals surface area contributed by atoms with Crippen molar-refractivity contribution in [3.8, 4) is 5.75 Å². The molecule has 0 bridgehead atoms. The number of aliphatic hydroxyl groups is 2. The maximum Gasteiger partial charge on any atom is 0.306 e. The van der Waals surface area contributed by atoms with E-state index in [4.69, 9.17) is 5.11 Å². The largest absolute Gasteiger partial charge is 0.508 e. The maximum absolute atomic E-state index is 10.4. The van der Waals surface area contributed by atoms with Gasteiger partial charge >= 0.3 is 5.97 Å². The van der Waals surface area contributed by atoms with E-state index in [9.17, 15) is 20.1 Å². The number of rotatable bonds is 4. The van der Waals surface area contributed by atoms with Gasteiger partial charge in [0.25, 0.3) is 0 Å². The molecule has 88 valence electrons. The second-order valence-corrected chi connectivity index (χ2v) is 3.67. The Morgan fingerprint density at radius 2 is 2.00 bits per heavy atom. The first-order chi connectivity index (χ1) is 7.41. The molecule has 0 fully saturated rings. The lowest BCUT2D eigenvalue weighted by Gasteiger charge is -2.17. The van der Waals surface area contributed by atoms with Crippen LogP contribution in [-0.4, -0.2) is 32.5 Å². The highest BCUT2D eigenvalue weighted by Crippen LogP contribution is 2.28. The van der Waals surface area contributed by atoms with Crippen molar-refractivity contribution >= 4 is 5.97 Å². The first-order valence-electron chi connectivity index (χ1n) is 4.79. The van der Waals surface area contributed by atoms with Crippen LogP contribution in [0, 0.1) is 6.92 Å². The van der Waals surface area contributed by atoms with Gasteiger partial charge < -0.3 is 20.4 Å². The second kappa shape index (κ2) is 4.96. The third-order valence-electron chi connectivity index (χ3n) is 2.25. The van der Waals surface area contributed by atoms with Gasteiger partial charge in [0.05, 0.1) is 12.5 Å². The van der Waals surface area contributed by atoms with Gasteiger partial charge in [-0.05, 0) is 18.6 Å².